The van der Waals surface area contributed by atoms with E-state index in [9.17, 15) is 4.79 Å². The zero-order chi connectivity index (χ0) is 11.6. The number of nitrogens with zero attached hydrogens (tertiary/aromatic N) is 2. The minimum atomic E-state index is -0.869. The Hall–Kier alpha value is -1.52. The third-order valence-corrected chi connectivity index (χ3v) is 2.25. The lowest BCUT2D eigenvalue weighted by Crippen LogP contribution is -2.21. The maximum absolute atomic E-state index is 11.1. The fourth-order valence-corrected chi connectivity index (χ4v) is 1.42. The molecule has 5 nitrogen and oxygen atoms in total. The largest absolute Gasteiger partial charge is 0.480 e. The monoisotopic (exact) mass is 211 g/mol. The molecule has 3 N–H and O–H groups in total. The van der Waals surface area contributed by atoms with Gasteiger partial charge in [0.05, 0.1) is 0 Å². The van der Waals surface area contributed by atoms with Gasteiger partial charge < -0.3 is 10.8 Å². The van der Waals surface area contributed by atoms with E-state index in [1.165, 1.54) is 4.68 Å². The standard InChI is InChI=1S/C10H17N3O2/c1-6(2)4-8(10(14)15)13-5-7(3)9(11)12-13/h5-6,8H,4H2,1-3H3,(H2,11,12)(H,14,15). The lowest BCUT2D eigenvalue weighted by atomic mass is 10.0. The zero-order valence-corrected chi connectivity index (χ0v) is 9.27. The van der Waals surface area contributed by atoms with Gasteiger partial charge in [0, 0.05) is 11.8 Å². The molecule has 0 bridgehead atoms. The van der Waals surface area contributed by atoms with E-state index in [-0.39, 0.29) is 0 Å². The predicted molar refractivity (Wildman–Crippen MR) is 57.5 cm³/mol. The Morgan fingerprint density at radius 1 is 1.67 bits per heavy atom. The first-order chi connectivity index (χ1) is 6.91. The normalized spacial score (nSPS) is 13.1. The van der Waals surface area contributed by atoms with Crippen molar-refractivity contribution in [3.8, 4) is 0 Å². The highest BCUT2D eigenvalue weighted by Crippen LogP contribution is 2.19. The average Bonchev–Trinajstić information content (AvgIpc) is 2.42. The Labute approximate surface area is 88.9 Å². The van der Waals surface area contributed by atoms with Crippen LogP contribution in [0.4, 0.5) is 5.82 Å². The summed E-state index contributed by atoms with van der Waals surface area (Å²) in [7, 11) is 0. The number of anilines is 1. The number of carbonyl (C=O) groups is 1. The van der Waals surface area contributed by atoms with Crippen LogP contribution in [0.25, 0.3) is 0 Å². The number of aromatic nitrogens is 2. The number of rotatable bonds is 4. The fraction of sp³-hybridized carbons (Fsp3) is 0.600. The Bertz CT molecular complexity index is 338. The summed E-state index contributed by atoms with van der Waals surface area (Å²) in [5.41, 5.74) is 6.39. The lowest BCUT2D eigenvalue weighted by Gasteiger charge is -2.14. The topological polar surface area (TPSA) is 81.1 Å². The van der Waals surface area contributed by atoms with Crippen LogP contribution in [-0.2, 0) is 4.79 Å². The second-order valence-corrected chi connectivity index (χ2v) is 4.16. The molecule has 0 amide bonds. The van der Waals surface area contributed by atoms with Gasteiger partial charge in [0.25, 0.3) is 0 Å². The van der Waals surface area contributed by atoms with Crippen LogP contribution < -0.4 is 5.73 Å². The first-order valence-corrected chi connectivity index (χ1v) is 4.95. The van der Waals surface area contributed by atoms with Gasteiger partial charge in [-0.1, -0.05) is 13.8 Å². The predicted octanol–water partition coefficient (Wildman–Crippen LogP) is 1.45. The smallest absolute Gasteiger partial charge is 0.328 e. The molecule has 1 heterocycles. The number of aryl methyl sites for hydroxylation is 1. The number of carboxylic acids is 1. The van der Waals surface area contributed by atoms with Gasteiger partial charge in [0.1, 0.15) is 11.9 Å². The van der Waals surface area contributed by atoms with Gasteiger partial charge in [0.15, 0.2) is 0 Å². The fourth-order valence-electron chi connectivity index (χ4n) is 1.42. The number of nitrogen functional groups attached to an aromatic ring is 1. The first kappa shape index (κ1) is 11.6. The summed E-state index contributed by atoms with van der Waals surface area (Å²) in [5.74, 6) is -0.173. The third-order valence-electron chi connectivity index (χ3n) is 2.25. The minimum absolute atomic E-state index is 0.303. The first-order valence-electron chi connectivity index (χ1n) is 4.95. The molecular formula is C10H17N3O2. The number of carboxylic acid groups (broad SMARTS) is 1. The summed E-state index contributed by atoms with van der Waals surface area (Å²) in [6.07, 6.45) is 2.23. The molecule has 0 aliphatic carbocycles. The van der Waals surface area contributed by atoms with E-state index in [0.29, 0.717) is 18.2 Å². The van der Waals surface area contributed by atoms with Crippen molar-refractivity contribution in [2.24, 2.45) is 5.92 Å². The molecule has 1 aromatic heterocycles. The molecule has 84 valence electrons. The van der Waals surface area contributed by atoms with E-state index in [1.54, 1.807) is 6.20 Å². The van der Waals surface area contributed by atoms with E-state index in [1.807, 2.05) is 20.8 Å². The summed E-state index contributed by atoms with van der Waals surface area (Å²) in [6.45, 7) is 5.78. The molecule has 0 saturated heterocycles. The van der Waals surface area contributed by atoms with Crippen LogP contribution in [0.3, 0.4) is 0 Å². The van der Waals surface area contributed by atoms with Crippen molar-refractivity contribution in [1.82, 2.24) is 9.78 Å². The number of hydrogen-bond donors (Lipinski definition) is 2. The summed E-state index contributed by atoms with van der Waals surface area (Å²) in [4.78, 5) is 11.1. The van der Waals surface area contributed by atoms with Gasteiger partial charge in [-0.2, -0.15) is 5.10 Å². The van der Waals surface area contributed by atoms with E-state index < -0.39 is 12.0 Å². The second-order valence-electron chi connectivity index (χ2n) is 4.16. The van der Waals surface area contributed by atoms with E-state index in [0.717, 1.165) is 5.56 Å². The van der Waals surface area contributed by atoms with Crippen molar-refractivity contribution < 1.29 is 9.90 Å². The molecule has 1 aromatic rings. The summed E-state index contributed by atoms with van der Waals surface area (Å²) < 4.78 is 1.44. The average molecular weight is 211 g/mol. The molecule has 0 spiro atoms. The van der Waals surface area contributed by atoms with Gasteiger partial charge in [-0.3, -0.25) is 4.68 Å². The summed E-state index contributed by atoms with van der Waals surface area (Å²) >= 11 is 0. The van der Waals surface area contributed by atoms with Crippen LogP contribution in [0.2, 0.25) is 0 Å². The molecule has 0 radical (unpaired) electrons. The Morgan fingerprint density at radius 3 is 2.60 bits per heavy atom. The van der Waals surface area contributed by atoms with Crippen LogP contribution in [0.1, 0.15) is 31.9 Å². The van der Waals surface area contributed by atoms with Gasteiger partial charge in [-0.05, 0) is 19.3 Å². The van der Waals surface area contributed by atoms with Crippen molar-refractivity contribution in [2.75, 3.05) is 5.73 Å². The lowest BCUT2D eigenvalue weighted by molar-refractivity contribution is -0.141. The molecule has 0 fully saturated rings. The molecular weight excluding hydrogens is 194 g/mol. The van der Waals surface area contributed by atoms with Crippen LogP contribution >= 0.6 is 0 Å². The SMILES string of the molecule is Cc1cn(C(CC(C)C)C(=O)O)nc1N. The summed E-state index contributed by atoms with van der Waals surface area (Å²) in [6, 6.07) is -0.624. The molecule has 15 heavy (non-hydrogen) atoms. The maximum Gasteiger partial charge on any atom is 0.328 e. The van der Waals surface area contributed by atoms with Crippen LogP contribution in [-0.4, -0.2) is 20.9 Å². The van der Waals surface area contributed by atoms with Crippen molar-refractivity contribution in [1.29, 1.82) is 0 Å². The number of aliphatic carboxylic acids is 1. The van der Waals surface area contributed by atoms with Gasteiger partial charge in [-0.25, -0.2) is 4.79 Å². The highest BCUT2D eigenvalue weighted by molar-refractivity contribution is 5.71. The molecule has 0 saturated carbocycles. The van der Waals surface area contributed by atoms with Crippen LogP contribution in [0.5, 0.6) is 0 Å². The number of nitrogens with two attached hydrogens (primary N) is 1. The van der Waals surface area contributed by atoms with Crippen molar-refractivity contribution >= 4 is 11.8 Å². The molecule has 0 aromatic carbocycles. The van der Waals surface area contributed by atoms with Gasteiger partial charge >= 0.3 is 5.97 Å². The minimum Gasteiger partial charge on any atom is -0.480 e. The quantitative estimate of drug-likeness (QED) is 0.789. The molecule has 0 aliphatic heterocycles. The van der Waals surface area contributed by atoms with E-state index in [4.69, 9.17) is 10.8 Å². The third kappa shape index (κ3) is 2.71. The highest BCUT2D eigenvalue weighted by atomic mass is 16.4. The molecule has 1 rings (SSSR count). The summed E-state index contributed by atoms with van der Waals surface area (Å²) in [5, 5.41) is 13.1. The van der Waals surface area contributed by atoms with Gasteiger partial charge in [-0.15, -0.1) is 0 Å². The van der Waals surface area contributed by atoms with Crippen molar-refractivity contribution in [2.45, 2.75) is 33.2 Å². The van der Waals surface area contributed by atoms with Gasteiger partial charge in [0.2, 0.25) is 0 Å². The highest BCUT2D eigenvalue weighted by Gasteiger charge is 2.22. The second kappa shape index (κ2) is 4.33. The molecule has 1 unspecified atom stereocenters. The van der Waals surface area contributed by atoms with Crippen LogP contribution in [0.15, 0.2) is 6.20 Å². The Morgan fingerprint density at radius 2 is 2.27 bits per heavy atom. The van der Waals surface area contributed by atoms with E-state index >= 15 is 0 Å². The van der Waals surface area contributed by atoms with Crippen LogP contribution in [0, 0.1) is 12.8 Å². The Balaban J connectivity index is 2.94. The Kier molecular flexibility index (Phi) is 3.34. The van der Waals surface area contributed by atoms with Crippen molar-refractivity contribution in [3.05, 3.63) is 11.8 Å². The maximum atomic E-state index is 11.1. The van der Waals surface area contributed by atoms with Crippen molar-refractivity contribution in [3.63, 3.8) is 0 Å². The van der Waals surface area contributed by atoms with E-state index in [2.05, 4.69) is 5.10 Å². The molecule has 1 atom stereocenters. The number of hydrogen-bond acceptors (Lipinski definition) is 3. The molecule has 0 aliphatic rings. The zero-order valence-electron chi connectivity index (χ0n) is 9.27. The molecule has 5 heteroatoms.